The van der Waals surface area contributed by atoms with E-state index < -0.39 is 5.79 Å². The van der Waals surface area contributed by atoms with Crippen LogP contribution in [-0.4, -0.2) is 12.4 Å². The fraction of sp³-hybridized carbons (Fsp3) is 0.333. The molecule has 1 aromatic rings. The van der Waals surface area contributed by atoms with Gasteiger partial charge in [-0.3, -0.25) is 0 Å². The Morgan fingerprint density at radius 3 is 3.06 bits per heavy atom. The van der Waals surface area contributed by atoms with Gasteiger partial charge in [-0.1, -0.05) is 29.8 Å². The molecule has 2 aliphatic heterocycles. The van der Waals surface area contributed by atoms with Crippen LogP contribution in [0.1, 0.15) is 24.0 Å². The summed E-state index contributed by atoms with van der Waals surface area (Å²) in [6, 6.07) is 8.37. The van der Waals surface area contributed by atoms with E-state index in [4.69, 9.17) is 9.47 Å². The smallest absolute Gasteiger partial charge is 0.230 e. The minimum atomic E-state index is -0.463. The lowest BCUT2D eigenvalue weighted by atomic mass is 10.1. The Morgan fingerprint density at radius 2 is 2.29 bits per heavy atom. The van der Waals surface area contributed by atoms with Gasteiger partial charge >= 0.3 is 0 Å². The Balaban J connectivity index is 1.81. The minimum absolute atomic E-state index is 0.463. The molecule has 1 atom stereocenters. The number of aryl methyl sites for hydroxylation is 1. The number of hydrogen-bond acceptors (Lipinski definition) is 2. The van der Waals surface area contributed by atoms with Crippen LogP contribution in [0.4, 0.5) is 0 Å². The normalized spacial score (nSPS) is 29.1. The molecule has 17 heavy (non-hydrogen) atoms. The van der Waals surface area contributed by atoms with E-state index >= 15 is 0 Å². The Kier molecular flexibility index (Phi) is 2.52. The van der Waals surface area contributed by atoms with Gasteiger partial charge in [-0.05, 0) is 37.1 Å². The standard InChI is InChI=1S/C15H16O2/c1-12-4-2-5-13(10-12)11-14-6-8-15(17-14)7-3-9-16-15/h2,4-6,8,10-11H,3,7,9H2,1H3/b14-11+. The van der Waals surface area contributed by atoms with Crippen LogP contribution in [0.5, 0.6) is 0 Å². The summed E-state index contributed by atoms with van der Waals surface area (Å²) in [6.07, 6.45) is 8.12. The van der Waals surface area contributed by atoms with Crippen molar-refractivity contribution in [1.82, 2.24) is 0 Å². The van der Waals surface area contributed by atoms with Crippen LogP contribution in [0.3, 0.4) is 0 Å². The second kappa shape index (κ2) is 4.04. The van der Waals surface area contributed by atoms with Gasteiger partial charge in [0.2, 0.25) is 5.79 Å². The zero-order chi connectivity index (χ0) is 11.7. The van der Waals surface area contributed by atoms with E-state index in [0.29, 0.717) is 0 Å². The molecule has 1 fully saturated rings. The van der Waals surface area contributed by atoms with Gasteiger partial charge in [-0.25, -0.2) is 0 Å². The van der Waals surface area contributed by atoms with Gasteiger partial charge in [0.25, 0.3) is 0 Å². The number of hydrogen-bond donors (Lipinski definition) is 0. The van der Waals surface area contributed by atoms with Crippen LogP contribution in [-0.2, 0) is 9.47 Å². The molecule has 2 heterocycles. The highest BCUT2D eigenvalue weighted by Crippen LogP contribution is 2.36. The first-order chi connectivity index (χ1) is 8.26. The fourth-order valence-corrected chi connectivity index (χ4v) is 2.33. The SMILES string of the molecule is Cc1cccc(/C=C2\C=CC3(CCCO3)O2)c1. The summed E-state index contributed by atoms with van der Waals surface area (Å²) in [7, 11) is 0. The molecule has 0 N–H and O–H groups in total. The highest BCUT2D eigenvalue weighted by Gasteiger charge is 2.38. The topological polar surface area (TPSA) is 18.5 Å². The summed E-state index contributed by atoms with van der Waals surface area (Å²) in [5, 5.41) is 0. The van der Waals surface area contributed by atoms with Crippen molar-refractivity contribution in [3.8, 4) is 0 Å². The van der Waals surface area contributed by atoms with Crippen LogP contribution in [0.15, 0.2) is 42.2 Å². The molecule has 3 rings (SSSR count). The van der Waals surface area contributed by atoms with E-state index in [0.717, 1.165) is 25.2 Å². The lowest BCUT2D eigenvalue weighted by Crippen LogP contribution is -2.24. The first-order valence-electron chi connectivity index (χ1n) is 6.06. The Labute approximate surface area is 102 Å². The monoisotopic (exact) mass is 228 g/mol. The maximum atomic E-state index is 5.88. The van der Waals surface area contributed by atoms with E-state index in [1.54, 1.807) is 0 Å². The summed E-state index contributed by atoms with van der Waals surface area (Å²) in [6.45, 7) is 2.89. The largest absolute Gasteiger partial charge is 0.459 e. The molecular weight excluding hydrogens is 212 g/mol. The molecule has 2 aliphatic rings. The Morgan fingerprint density at radius 1 is 1.35 bits per heavy atom. The second-order valence-corrected chi connectivity index (χ2v) is 4.66. The third-order valence-electron chi connectivity index (χ3n) is 3.16. The van der Waals surface area contributed by atoms with E-state index in [9.17, 15) is 0 Å². The number of allylic oxidation sites excluding steroid dienone is 1. The van der Waals surface area contributed by atoms with E-state index in [-0.39, 0.29) is 0 Å². The average molecular weight is 228 g/mol. The van der Waals surface area contributed by atoms with E-state index in [1.165, 1.54) is 11.1 Å². The molecule has 0 amide bonds. The maximum absolute atomic E-state index is 5.88. The van der Waals surface area contributed by atoms with Crippen molar-refractivity contribution < 1.29 is 9.47 Å². The number of rotatable bonds is 1. The van der Waals surface area contributed by atoms with Gasteiger partial charge in [-0.15, -0.1) is 0 Å². The number of benzene rings is 1. The highest BCUT2D eigenvalue weighted by atomic mass is 16.7. The molecule has 0 aliphatic carbocycles. The molecule has 2 heteroatoms. The third-order valence-corrected chi connectivity index (χ3v) is 3.16. The summed E-state index contributed by atoms with van der Waals surface area (Å²) in [5.41, 5.74) is 2.42. The molecular formula is C15H16O2. The van der Waals surface area contributed by atoms with Crippen molar-refractivity contribution in [1.29, 1.82) is 0 Å². The average Bonchev–Trinajstić information content (AvgIpc) is 2.90. The van der Waals surface area contributed by atoms with Crippen molar-refractivity contribution >= 4 is 6.08 Å². The van der Waals surface area contributed by atoms with Crippen LogP contribution in [0.25, 0.3) is 6.08 Å². The zero-order valence-corrected chi connectivity index (χ0v) is 9.98. The Hall–Kier alpha value is -1.54. The minimum Gasteiger partial charge on any atom is -0.459 e. The summed E-state index contributed by atoms with van der Waals surface area (Å²) < 4.78 is 11.5. The lowest BCUT2D eigenvalue weighted by molar-refractivity contribution is -0.135. The molecule has 0 aromatic heterocycles. The van der Waals surface area contributed by atoms with Crippen molar-refractivity contribution in [2.45, 2.75) is 25.6 Å². The summed E-state index contributed by atoms with van der Waals surface area (Å²) in [5.74, 6) is 0.424. The molecule has 0 bridgehead atoms. The van der Waals surface area contributed by atoms with Crippen molar-refractivity contribution in [3.63, 3.8) is 0 Å². The quantitative estimate of drug-likeness (QED) is 0.733. The molecule has 1 saturated heterocycles. The van der Waals surface area contributed by atoms with Gasteiger partial charge in [0, 0.05) is 6.42 Å². The molecule has 0 radical (unpaired) electrons. The van der Waals surface area contributed by atoms with Crippen LogP contribution >= 0.6 is 0 Å². The molecule has 0 saturated carbocycles. The maximum Gasteiger partial charge on any atom is 0.230 e. The third kappa shape index (κ3) is 2.13. The van der Waals surface area contributed by atoms with E-state index in [1.807, 2.05) is 12.2 Å². The van der Waals surface area contributed by atoms with Gasteiger partial charge in [0.05, 0.1) is 6.61 Å². The van der Waals surface area contributed by atoms with Crippen molar-refractivity contribution in [3.05, 3.63) is 53.3 Å². The van der Waals surface area contributed by atoms with Crippen LogP contribution in [0, 0.1) is 6.92 Å². The highest BCUT2D eigenvalue weighted by molar-refractivity contribution is 5.55. The predicted molar refractivity (Wildman–Crippen MR) is 67.3 cm³/mol. The Bertz CT molecular complexity index is 479. The van der Waals surface area contributed by atoms with Gasteiger partial charge < -0.3 is 9.47 Å². The van der Waals surface area contributed by atoms with Crippen LogP contribution < -0.4 is 0 Å². The summed E-state index contributed by atoms with van der Waals surface area (Å²) in [4.78, 5) is 0. The van der Waals surface area contributed by atoms with E-state index in [2.05, 4.69) is 37.3 Å². The van der Waals surface area contributed by atoms with Crippen LogP contribution in [0.2, 0.25) is 0 Å². The first kappa shape index (κ1) is 10.6. The molecule has 2 nitrogen and oxygen atoms in total. The second-order valence-electron chi connectivity index (χ2n) is 4.66. The molecule has 1 aromatic carbocycles. The number of ether oxygens (including phenoxy) is 2. The lowest BCUT2D eigenvalue weighted by Gasteiger charge is -2.20. The van der Waals surface area contributed by atoms with Crippen molar-refractivity contribution in [2.75, 3.05) is 6.61 Å². The molecule has 1 unspecified atom stereocenters. The molecule has 88 valence electrons. The van der Waals surface area contributed by atoms with Crippen molar-refractivity contribution in [2.24, 2.45) is 0 Å². The zero-order valence-electron chi connectivity index (χ0n) is 9.98. The summed E-state index contributed by atoms with van der Waals surface area (Å²) >= 11 is 0. The van der Waals surface area contributed by atoms with Gasteiger partial charge in [0.1, 0.15) is 5.76 Å². The first-order valence-corrected chi connectivity index (χ1v) is 6.06. The fourth-order valence-electron chi connectivity index (χ4n) is 2.33. The predicted octanol–water partition coefficient (Wildman–Crippen LogP) is 3.43. The molecule has 1 spiro atoms. The van der Waals surface area contributed by atoms with Gasteiger partial charge in [-0.2, -0.15) is 0 Å². The van der Waals surface area contributed by atoms with Gasteiger partial charge in [0.15, 0.2) is 0 Å².